The molecule has 0 spiro atoms. The monoisotopic (exact) mass is 325 g/mol. The molecule has 1 aromatic rings. The number of hydrogen-bond donors (Lipinski definition) is 2. The average molecular weight is 326 g/mol. The maximum Gasteiger partial charge on any atom is 0.416 e. The summed E-state index contributed by atoms with van der Waals surface area (Å²) in [5, 5.41) is 8.52. The van der Waals surface area contributed by atoms with Gasteiger partial charge in [-0.2, -0.15) is 13.2 Å². The van der Waals surface area contributed by atoms with Gasteiger partial charge in [0.1, 0.15) is 0 Å². The highest BCUT2D eigenvalue weighted by molar-refractivity contribution is 9.10. The van der Waals surface area contributed by atoms with E-state index in [-0.39, 0.29) is 22.9 Å². The number of carbonyl (C=O) groups is 1. The van der Waals surface area contributed by atoms with Gasteiger partial charge in [-0.15, -0.1) is 0 Å². The van der Waals surface area contributed by atoms with Gasteiger partial charge in [0.25, 0.3) is 0 Å². The van der Waals surface area contributed by atoms with Crippen molar-refractivity contribution < 1.29 is 23.1 Å². The Labute approximate surface area is 110 Å². The van der Waals surface area contributed by atoms with Crippen LogP contribution in [0.5, 0.6) is 0 Å². The molecule has 18 heavy (non-hydrogen) atoms. The van der Waals surface area contributed by atoms with E-state index in [0.29, 0.717) is 0 Å². The number of benzene rings is 1. The quantitative estimate of drug-likeness (QED) is 0.892. The van der Waals surface area contributed by atoms with Gasteiger partial charge in [0.05, 0.1) is 5.56 Å². The first kappa shape index (κ1) is 15.0. The largest absolute Gasteiger partial charge is 0.481 e. The van der Waals surface area contributed by atoms with Crippen molar-refractivity contribution in [3.63, 3.8) is 0 Å². The lowest BCUT2D eigenvalue weighted by Gasteiger charge is -2.19. The molecule has 0 heterocycles. The zero-order valence-corrected chi connectivity index (χ0v) is 10.8. The molecule has 0 bridgehead atoms. The van der Waals surface area contributed by atoms with E-state index in [1.165, 1.54) is 12.1 Å². The summed E-state index contributed by atoms with van der Waals surface area (Å²) in [6.45, 7) is 0. The number of halogens is 4. The number of nitrogens with two attached hydrogens (primary N) is 1. The summed E-state index contributed by atoms with van der Waals surface area (Å²) >= 11 is 3.02. The van der Waals surface area contributed by atoms with Gasteiger partial charge in [-0.3, -0.25) is 4.79 Å². The molecule has 1 aromatic carbocycles. The molecule has 0 saturated heterocycles. The number of carboxylic acid groups (broad SMARTS) is 1. The van der Waals surface area contributed by atoms with Gasteiger partial charge < -0.3 is 10.8 Å². The summed E-state index contributed by atoms with van der Waals surface area (Å²) in [4.78, 5) is 10.4. The summed E-state index contributed by atoms with van der Waals surface area (Å²) < 4.78 is 38.6. The van der Waals surface area contributed by atoms with Crippen molar-refractivity contribution >= 4 is 21.9 Å². The Morgan fingerprint density at radius 1 is 1.44 bits per heavy atom. The highest BCUT2D eigenvalue weighted by atomic mass is 79.9. The molecule has 0 fully saturated rings. The van der Waals surface area contributed by atoms with Crippen molar-refractivity contribution in [3.05, 3.63) is 33.8 Å². The van der Waals surface area contributed by atoms with Gasteiger partial charge in [0, 0.05) is 16.9 Å². The lowest BCUT2D eigenvalue weighted by Crippen LogP contribution is -2.19. The molecule has 0 aromatic heterocycles. The molecular formula is C11H11BrF3NO2. The van der Waals surface area contributed by atoms with Crippen LogP contribution in [0.3, 0.4) is 0 Å². The Morgan fingerprint density at radius 2 is 2.06 bits per heavy atom. The maximum atomic E-state index is 12.8. The maximum absolute atomic E-state index is 12.8. The Hall–Kier alpha value is -1.08. The predicted molar refractivity (Wildman–Crippen MR) is 62.9 cm³/mol. The number of hydrogen-bond acceptors (Lipinski definition) is 2. The molecule has 1 atom stereocenters. The molecule has 1 unspecified atom stereocenters. The van der Waals surface area contributed by atoms with Crippen molar-refractivity contribution in [1.29, 1.82) is 0 Å². The molecule has 0 radical (unpaired) electrons. The van der Waals surface area contributed by atoms with Crippen LogP contribution in [-0.2, 0) is 11.0 Å². The van der Waals surface area contributed by atoms with Crippen LogP contribution in [0.2, 0.25) is 0 Å². The van der Waals surface area contributed by atoms with Gasteiger partial charge in [0.15, 0.2) is 0 Å². The van der Waals surface area contributed by atoms with Crippen LogP contribution in [0.15, 0.2) is 22.7 Å². The summed E-state index contributed by atoms with van der Waals surface area (Å²) in [6.07, 6.45) is -4.85. The summed E-state index contributed by atoms with van der Waals surface area (Å²) in [5.74, 6) is -1.09. The molecular weight excluding hydrogens is 315 g/mol. The first-order chi connectivity index (χ1) is 8.23. The highest BCUT2D eigenvalue weighted by Crippen LogP contribution is 2.38. The standard InChI is InChI=1S/C11H11BrF3NO2/c12-7-3-1-2-6(11(13,14)15)10(7)8(16)4-5-9(17)18/h1-3,8H,4-5,16H2,(H,17,18). The van der Waals surface area contributed by atoms with Crippen molar-refractivity contribution in [2.45, 2.75) is 25.1 Å². The smallest absolute Gasteiger partial charge is 0.416 e. The fourth-order valence-electron chi connectivity index (χ4n) is 1.58. The van der Waals surface area contributed by atoms with Gasteiger partial charge in [-0.1, -0.05) is 22.0 Å². The van der Waals surface area contributed by atoms with Crippen LogP contribution in [0.1, 0.15) is 30.0 Å². The zero-order valence-electron chi connectivity index (χ0n) is 9.17. The molecule has 0 saturated carbocycles. The molecule has 3 N–H and O–H groups in total. The van der Waals surface area contributed by atoms with E-state index in [1.54, 1.807) is 0 Å². The fourth-order valence-corrected chi connectivity index (χ4v) is 2.24. The van der Waals surface area contributed by atoms with Crippen LogP contribution in [-0.4, -0.2) is 11.1 Å². The average Bonchev–Trinajstić information content (AvgIpc) is 2.24. The Kier molecular flexibility index (Phi) is 4.75. The molecule has 1 rings (SSSR count). The highest BCUT2D eigenvalue weighted by Gasteiger charge is 2.35. The Morgan fingerprint density at radius 3 is 2.56 bits per heavy atom. The number of rotatable bonds is 4. The number of aliphatic carboxylic acids is 1. The lowest BCUT2D eigenvalue weighted by atomic mass is 9.97. The van der Waals surface area contributed by atoms with Gasteiger partial charge in [-0.25, -0.2) is 0 Å². The minimum absolute atomic E-state index is 0.0545. The second kappa shape index (κ2) is 5.71. The van der Waals surface area contributed by atoms with Gasteiger partial charge >= 0.3 is 12.1 Å². The second-order valence-electron chi connectivity index (χ2n) is 3.74. The molecule has 100 valence electrons. The van der Waals surface area contributed by atoms with E-state index in [4.69, 9.17) is 10.8 Å². The topological polar surface area (TPSA) is 63.3 Å². The van der Waals surface area contributed by atoms with Crippen LogP contribution >= 0.6 is 15.9 Å². The minimum Gasteiger partial charge on any atom is -0.481 e. The van der Waals surface area contributed by atoms with Crippen molar-refractivity contribution in [1.82, 2.24) is 0 Å². The van der Waals surface area contributed by atoms with E-state index >= 15 is 0 Å². The third-order valence-corrected chi connectivity index (χ3v) is 3.09. The van der Waals surface area contributed by atoms with Gasteiger partial charge in [-0.05, 0) is 24.1 Å². The third-order valence-electron chi connectivity index (χ3n) is 2.40. The third kappa shape index (κ3) is 3.71. The van der Waals surface area contributed by atoms with E-state index in [0.717, 1.165) is 6.07 Å². The summed E-state index contributed by atoms with van der Waals surface area (Å²) in [5.41, 5.74) is 4.70. The normalized spacial score (nSPS) is 13.4. The summed E-state index contributed by atoms with van der Waals surface area (Å²) in [6, 6.07) is 2.67. The van der Waals surface area contributed by atoms with Crippen LogP contribution < -0.4 is 5.73 Å². The Balaban J connectivity index is 3.10. The second-order valence-corrected chi connectivity index (χ2v) is 4.59. The molecule has 0 aliphatic carbocycles. The van der Waals surface area contributed by atoms with Crippen LogP contribution in [0.25, 0.3) is 0 Å². The zero-order chi connectivity index (χ0) is 13.9. The predicted octanol–water partition coefficient (Wildman–Crippen LogP) is 3.33. The van der Waals surface area contributed by atoms with E-state index in [2.05, 4.69) is 15.9 Å². The van der Waals surface area contributed by atoms with E-state index < -0.39 is 23.8 Å². The number of alkyl halides is 3. The van der Waals surface area contributed by atoms with Crippen LogP contribution in [0, 0.1) is 0 Å². The molecule has 0 aliphatic heterocycles. The first-order valence-corrected chi connectivity index (χ1v) is 5.85. The molecule has 0 amide bonds. The van der Waals surface area contributed by atoms with Crippen molar-refractivity contribution in [3.8, 4) is 0 Å². The van der Waals surface area contributed by atoms with Crippen molar-refractivity contribution in [2.75, 3.05) is 0 Å². The van der Waals surface area contributed by atoms with Crippen molar-refractivity contribution in [2.24, 2.45) is 5.73 Å². The lowest BCUT2D eigenvalue weighted by molar-refractivity contribution is -0.138. The molecule has 7 heteroatoms. The molecule has 3 nitrogen and oxygen atoms in total. The minimum atomic E-state index is -4.51. The van der Waals surface area contributed by atoms with Crippen LogP contribution in [0.4, 0.5) is 13.2 Å². The van der Waals surface area contributed by atoms with E-state index in [1.807, 2.05) is 0 Å². The Bertz CT molecular complexity index is 448. The van der Waals surface area contributed by atoms with Gasteiger partial charge in [0.2, 0.25) is 0 Å². The fraction of sp³-hybridized carbons (Fsp3) is 0.364. The van der Waals surface area contributed by atoms with E-state index in [9.17, 15) is 18.0 Å². The number of carboxylic acids is 1. The SMILES string of the molecule is NC(CCC(=O)O)c1c(Br)cccc1C(F)(F)F. The molecule has 0 aliphatic rings. The summed E-state index contributed by atoms with van der Waals surface area (Å²) in [7, 11) is 0. The first-order valence-electron chi connectivity index (χ1n) is 5.06.